The zero-order valence-electron chi connectivity index (χ0n) is 16.1. The SMILES string of the molecule is Cc1ccc(=O)n(CC(=O)Nc2ccc(C(=O)NC(CCC(=O)O)C(=O)O)cc2)c1. The Labute approximate surface area is 171 Å². The molecule has 2 aromatic rings. The van der Waals surface area contributed by atoms with Crippen LogP contribution in [0.4, 0.5) is 5.69 Å². The molecule has 1 atom stereocenters. The van der Waals surface area contributed by atoms with Crippen LogP contribution in [0.3, 0.4) is 0 Å². The quantitative estimate of drug-likeness (QED) is 0.473. The Kier molecular flexibility index (Phi) is 7.45. The molecule has 1 aromatic carbocycles. The number of amides is 2. The minimum absolute atomic E-state index is 0.143. The van der Waals surface area contributed by atoms with E-state index in [9.17, 15) is 24.0 Å². The molecule has 0 spiro atoms. The van der Waals surface area contributed by atoms with Crippen molar-refractivity contribution in [2.24, 2.45) is 0 Å². The lowest BCUT2D eigenvalue weighted by Crippen LogP contribution is -2.41. The summed E-state index contributed by atoms with van der Waals surface area (Å²) in [5, 5.41) is 22.6. The number of hydrogen-bond acceptors (Lipinski definition) is 5. The van der Waals surface area contributed by atoms with E-state index in [0.29, 0.717) is 5.69 Å². The maximum absolute atomic E-state index is 12.2. The third-order valence-electron chi connectivity index (χ3n) is 4.13. The molecule has 158 valence electrons. The standard InChI is InChI=1S/C20H21N3O7/c1-12-2-8-17(25)23(10-12)11-16(24)21-14-5-3-13(4-6-14)19(28)22-15(20(29)30)7-9-18(26)27/h2-6,8,10,15H,7,9,11H2,1H3,(H,21,24)(H,22,28)(H,26,27)(H,29,30). The summed E-state index contributed by atoms with van der Waals surface area (Å²) in [4.78, 5) is 57.9. The van der Waals surface area contributed by atoms with Crippen LogP contribution in [0.1, 0.15) is 28.8 Å². The third-order valence-corrected chi connectivity index (χ3v) is 4.13. The van der Waals surface area contributed by atoms with E-state index in [0.717, 1.165) is 5.56 Å². The lowest BCUT2D eigenvalue weighted by Gasteiger charge is -2.14. The molecule has 0 aliphatic heterocycles. The van der Waals surface area contributed by atoms with Gasteiger partial charge in [-0.2, -0.15) is 0 Å². The summed E-state index contributed by atoms with van der Waals surface area (Å²) in [6, 6.07) is 7.38. The highest BCUT2D eigenvalue weighted by Gasteiger charge is 2.21. The minimum atomic E-state index is -1.33. The number of rotatable bonds is 9. The molecule has 0 saturated heterocycles. The van der Waals surface area contributed by atoms with Gasteiger partial charge in [-0.05, 0) is 43.2 Å². The fourth-order valence-electron chi connectivity index (χ4n) is 2.60. The fourth-order valence-corrected chi connectivity index (χ4v) is 2.60. The van der Waals surface area contributed by atoms with Gasteiger partial charge in [-0.1, -0.05) is 6.07 Å². The van der Waals surface area contributed by atoms with Crippen molar-refractivity contribution in [3.63, 3.8) is 0 Å². The Balaban J connectivity index is 1.98. The molecule has 4 N–H and O–H groups in total. The molecular weight excluding hydrogens is 394 g/mol. The van der Waals surface area contributed by atoms with Crippen LogP contribution in [0, 0.1) is 6.92 Å². The molecule has 1 aromatic heterocycles. The van der Waals surface area contributed by atoms with Crippen molar-refractivity contribution in [3.05, 3.63) is 64.1 Å². The van der Waals surface area contributed by atoms with Gasteiger partial charge in [0.1, 0.15) is 12.6 Å². The molecule has 0 aliphatic carbocycles. The van der Waals surface area contributed by atoms with Crippen LogP contribution in [0.2, 0.25) is 0 Å². The van der Waals surface area contributed by atoms with Crippen LogP contribution < -0.4 is 16.2 Å². The molecular formula is C20H21N3O7. The average Bonchev–Trinajstić information content (AvgIpc) is 2.68. The number of anilines is 1. The van der Waals surface area contributed by atoms with E-state index < -0.39 is 36.2 Å². The van der Waals surface area contributed by atoms with Crippen LogP contribution in [0.15, 0.2) is 47.4 Å². The first-order valence-electron chi connectivity index (χ1n) is 8.98. The molecule has 2 amide bonds. The van der Waals surface area contributed by atoms with Crippen molar-refractivity contribution < 1.29 is 29.4 Å². The summed E-state index contributed by atoms with van der Waals surface area (Å²) in [6.07, 6.45) is 0.924. The first-order chi connectivity index (χ1) is 14.2. The molecule has 10 heteroatoms. The molecule has 10 nitrogen and oxygen atoms in total. The first kappa shape index (κ1) is 22.3. The van der Waals surface area contributed by atoms with Crippen LogP contribution in [0.5, 0.6) is 0 Å². The van der Waals surface area contributed by atoms with Crippen molar-refractivity contribution in [2.75, 3.05) is 5.32 Å². The van der Waals surface area contributed by atoms with Crippen LogP contribution in [-0.2, 0) is 20.9 Å². The highest BCUT2D eigenvalue weighted by Crippen LogP contribution is 2.11. The minimum Gasteiger partial charge on any atom is -0.481 e. The Morgan fingerprint density at radius 3 is 2.30 bits per heavy atom. The van der Waals surface area contributed by atoms with Gasteiger partial charge in [0.05, 0.1) is 0 Å². The smallest absolute Gasteiger partial charge is 0.326 e. The number of aliphatic carboxylic acids is 2. The normalized spacial score (nSPS) is 11.4. The van der Waals surface area contributed by atoms with E-state index in [1.165, 1.54) is 34.9 Å². The van der Waals surface area contributed by atoms with Crippen LogP contribution in [0.25, 0.3) is 0 Å². The molecule has 0 bridgehead atoms. The number of carboxylic acid groups (broad SMARTS) is 2. The van der Waals surface area contributed by atoms with Gasteiger partial charge < -0.3 is 25.4 Å². The number of carbonyl (C=O) groups is 4. The lowest BCUT2D eigenvalue weighted by molar-refractivity contribution is -0.140. The molecule has 1 heterocycles. The monoisotopic (exact) mass is 415 g/mol. The number of aryl methyl sites for hydroxylation is 1. The highest BCUT2D eigenvalue weighted by atomic mass is 16.4. The molecule has 0 radical (unpaired) electrons. The van der Waals surface area contributed by atoms with Gasteiger partial charge in [-0.15, -0.1) is 0 Å². The van der Waals surface area contributed by atoms with Crippen molar-refractivity contribution in [1.82, 2.24) is 9.88 Å². The van der Waals surface area contributed by atoms with Crippen molar-refractivity contribution in [1.29, 1.82) is 0 Å². The van der Waals surface area contributed by atoms with Gasteiger partial charge in [0.2, 0.25) is 5.91 Å². The number of carboxylic acids is 2. The summed E-state index contributed by atoms with van der Waals surface area (Å²) in [5.74, 6) is -3.61. The lowest BCUT2D eigenvalue weighted by atomic mass is 10.1. The Hall–Kier alpha value is -3.95. The van der Waals surface area contributed by atoms with Gasteiger partial charge in [0, 0.05) is 29.9 Å². The zero-order valence-corrected chi connectivity index (χ0v) is 16.1. The van der Waals surface area contributed by atoms with E-state index in [4.69, 9.17) is 10.2 Å². The fraction of sp³-hybridized carbons (Fsp3) is 0.250. The average molecular weight is 415 g/mol. The van der Waals surface area contributed by atoms with Crippen molar-refractivity contribution in [3.8, 4) is 0 Å². The summed E-state index contributed by atoms with van der Waals surface area (Å²) in [6.45, 7) is 1.63. The predicted molar refractivity (Wildman–Crippen MR) is 106 cm³/mol. The third kappa shape index (κ3) is 6.59. The van der Waals surface area contributed by atoms with E-state index in [-0.39, 0.29) is 24.1 Å². The predicted octanol–water partition coefficient (Wildman–Crippen LogP) is 0.843. The van der Waals surface area contributed by atoms with E-state index in [1.807, 2.05) is 0 Å². The number of benzene rings is 1. The van der Waals surface area contributed by atoms with Crippen molar-refractivity contribution in [2.45, 2.75) is 32.4 Å². The van der Waals surface area contributed by atoms with Crippen molar-refractivity contribution >= 4 is 29.4 Å². The molecule has 0 fully saturated rings. The van der Waals surface area contributed by atoms with Gasteiger partial charge in [-0.25, -0.2) is 4.79 Å². The van der Waals surface area contributed by atoms with E-state index in [1.54, 1.807) is 19.2 Å². The molecule has 0 aliphatic rings. The summed E-state index contributed by atoms with van der Waals surface area (Å²) in [5.41, 5.74) is 1.06. The number of hydrogen-bond donors (Lipinski definition) is 4. The Morgan fingerprint density at radius 1 is 1.03 bits per heavy atom. The van der Waals surface area contributed by atoms with Gasteiger partial charge in [0.25, 0.3) is 11.5 Å². The topological polar surface area (TPSA) is 155 Å². The second-order valence-electron chi connectivity index (χ2n) is 6.59. The van der Waals surface area contributed by atoms with Gasteiger partial charge >= 0.3 is 11.9 Å². The molecule has 0 saturated carbocycles. The van der Waals surface area contributed by atoms with E-state index >= 15 is 0 Å². The Bertz CT molecular complexity index is 1010. The van der Waals surface area contributed by atoms with Crippen LogP contribution in [-0.4, -0.2) is 44.6 Å². The summed E-state index contributed by atoms with van der Waals surface area (Å²) < 4.78 is 1.27. The Morgan fingerprint density at radius 2 is 1.70 bits per heavy atom. The molecule has 30 heavy (non-hydrogen) atoms. The summed E-state index contributed by atoms with van der Waals surface area (Å²) in [7, 11) is 0. The largest absolute Gasteiger partial charge is 0.481 e. The number of pyridine rings is 1. The second-order valence-corrected chi connectivity index (χ2v) is 6.59. The maximum Gasteiger partial charge on any atom is 0.326 e. The molecule has 1 unspecified atom stereocenters. The van der Waals surface area contributed by atoms with E-state index in [2.05, 4.69) is 10.6 Å². The number of nitrogens with zero attached hydrogens (tertiary/aromatic N) is 1. The highest BCUT2D eigenvalue weighted by molar-refractivity contribution is 5.97. The first-order valence-corrected chi connectivity index (χ1v) is 8.98. The number of carbonyl (C=O) groups excluding carboxylic acids is 2. The van der Waals surface area contributed by atoms with Gasteiger partial charge in [-0.3, -0.25) is 19.2 Å². The summed E-state index contributed by atoms with van der Waals surface area (Å²) >= 11 is 0. The van der Waals surface area contributed by atoms with Crippen LogP contribution >= 0.6 is 0 Å². The van der Waals surface area contributed by atoms with Gasteiger partial charge in [0.15, 0.2) is 0 Å². The number of aromatic nitrogens is 1. The maximum atomic E-state index is 12.2. The zero-order chi connectivity index (χ0) is 22.3. The number of nitrogens with one attached hydrogen (secondary N) is 2. The molecule has 2 rings (SSSR count). The second kappa shape index (κ2) is 10.0.